The highest BCUT2D eigenvalue weighted by Crippen LogP contribution is 1.98. The lowest BCUT2D eigenvalue weighted by Crippen LogP contribution is -2.26. The monoisotopic (exact) mass is 224 g/mol. The van der Waals surface area contributed by atoms with E-state index in [1.54, 1.807) is 11.7 Å². The Labute approximate surface area is 96.5 Å². The van der Waals surface area contributed by atoms with E-state index in [-0.39, 0.29) is 5.78 Å². The fourth-order valence-corrected chi connectivity index (χ4v) is 1.57. The molecule has 0 aliphatic carbocycles. The molecule has 1 heterocycles. The van der Waals surface area contributed by atoms with E-state index in [0.717, 1.165) is 25.5 Å². The summed E-state index contributed by atoms with van der Waals surface area (Å²) in [5.41, 5.74) is 0. The molecule has 90 valence electrons. The van der Waals surface area contributed by atoms with Crippen LogP contribution in [0.4, 0.5) is 0 Å². The normalized spacial score (nSPS) is 11.0. The van der Waals surface area contributed by atoms with Crippen LogP contribution in [0.1, 0.15) is 26.1 Å². The van der Waals surface area contributed by atoms with Crippen LogP contribution in [0.25, 0.3) is 0 Å². The van der Waals surface area contributed by atoms with Gasteiger partial charge in [0, 0.05) is 20.0 Å². The lowest BCUT2D eigenvalue weighted by Gasteiger charge is -2.16. The highest BCUT2D eigenvalue weighted by atomic mass is 16.1. The quantitative estimate of drug-likeness (QED) is 0.682. The zero-order valence-electron chi connectivity index (χ0n) is 10.3. The second-order valence-corrected chi connectivity index (χ2v) is 3.79. The van der Waals surface area contributed by atoms with E-state index >= 15 is 0 Å². The summed E-state index contributed by atoms with van der Waals surface area (Å²) in [6.07, 6.45) is 2.46. The van der Waals surface area contributed by atoms with Gasteiger partial charge in [-0.1, -0.05) is 13.8 Å². The van der Waals surface area contributed by atoms with Crippen LogP contribution in [0.5, 0.6) is 0 Å². The van der Waals surface area contributed by atoms with Crippen LogP contribution >= 0.6 is 0 Å². The maximum absolute atomic E-state index is 11.7. The molecule has 0 saturated heterocycles. The van der Waals surface area contributed by atoms with Crippen molar-refractivity contribution in [1.82, 2.24) is 19.7 Å². The zero-order valence-corrected chi connectivity index (χ0v) is 10.3. The van der Waals surface area contributed by atoms with Crippen molar-refractivity contribution in [3.05, 3.63) is 12.2 Å². The molecule has 0 spiro atoms. The van der Waals surface area contributed by atoms with E-state index in [4.69, 9.17) is 0 Å². The van der Waals surface area contributed by atoms with Crippen LogP contribution in [-0.2, 0) is 18.3 Å². The molecular weight excluding hydrogens is 204 g/mol. The van der Waals surface area contributed by atoms with Gasteiger partial charge in [0.2, 0.25) is 0 Å². The van der Waals surface area contributed by atoms with Crippen LogP contribution < -0.4 is 0 Å². The average molecular weight is 224 g/mol. The molecule has 5 nitrogen and oxygen atoms in total. The van der Waals surface area contributed by atoms with E-state index in [0.29, 0.717) is 12.8 Å². The van der Waals surface area contributed by atoms with Crippen molar-refractivity contribution in [2.45, 2.75) is 26.7 Å². The molecular formula is C11H20N4O. The Morgan fingerprint density at radius 2 is 2.12 bits per heavy atom. The van der Waals surface area contributed by atoms with Crippen molar-refractivity contribution in [3.63, 3.8) is 0 Å². The second kappa shape index (κ2) is 6.37. The molecule has 0 N–H and O–H groups in total. The first kappa shape index (κ1) is 12.8. The largest absolute Gasteiger partial charge is 0.303 e. The summed E-state index contributed by atoms with van der Waals surface area (Å²) < 4.78 is 1.65. The van der Waals surface area contributed by atoms with E-state index in [1.807, 2.05) is 0 Å². The van der Waals surface area contributed by atoms with Crippen LogP contribution in [-0.4, -0.2) is 45.1 Å². The lowest BCUT2D eigenvalue weighted by atomic mass is 10.2. The maximum atomic E-state index is 11.7. The van der Waals surface area contributed by atoms with E-state index in [1.165, 1.54) is 6.33 Å². The van der Waals surface area contributed by atoms with Crippen molar-refractivity contribution in [2.24, 2.45) is 7.05 Å². The maximum Gasteiger partial charge on any atom is 0.141 e. The summed E-state index contributed by atoms with van der Waals surface area (Å²) in [5, 5.41) is 3.94. The highest BCUT2D eigenvalue weighted by molar-refractivity contribution is 5.80. The number of aryl methyl sites for hydroxylation is 1. The number of Topliss-reactive ketones (excluding diaryl/α,β-unsaturated/α-hetero) is 1. The Morgan fingerprint density at radius 1 is 1.44 bits per heavy atom. The highest BCUT2D eigenvalue weighted by Gasteiger charge is 2.09. The number of aromatic nitrogens is 3. The number of hydrogen-bond acceptors (Lipinski definition) is 4. The van der Waals surface area contributed by atoms with Crippen molar-refractivity contribution in [1.29, 1.82) is 0 Å². The van der Waals surface area contributed by atoms with Gasteiger partial charge in [-0.25, -0.2) is 4.98 Å². The van der Waals surface area contributed by atoms with Gasteiger partial charge in [-0.2, -0.15) is 5.10 Å². The van der Waals surface area contributed by atoms with Crippen LogP contribution in [0.3, 0.4) is 0 Å². The zero-order chi connectivity index (χ0) is 12.0. The SMILES string of the molecule is CCN(CC)CCC(=O)Cc1ncnn1C. The minimum Gasteiger partial charge on any atom is -0.303 e. The van der Waals surface area contributed by atoms with Crippen LogP contribution in [0.2, 0.25) is 0 Å². The molecule has 1 aromatic heterocycles. The predicted molar refractivity (Wildman–Crippen MR) is 62.1 cm³/mol. The van der Waals surface area contributed by atoms with Crippen molar-refractivity contribution >= 4 is 5.78 Å². The van der Waals surface area contributed by atoms with Crippen LogP contribution in [0, 0.1) is 0 Å². The summed E-state index contributed by atoms with van der Waals surface area (Å²) in [7, 11) is 1.81. The Kier molecular flexibility index (Phi) is 5.11. The van der Waals surface area contributed by atoms with Gasteiger partial charge in [-0.15, -0.1) is 0 Å². The van der Waals surface area contributed by atoms with Crippen molar-refractivity contribution in [3.8, 4) is 0 Å². The van der Waals surface area contributed by atoms with Crippen molar-refractivity contribution < 1.29 is 4.79 Å². The molecule has 5 heteroatoms. The molecule has 0 atom stereocenters. The summed E-state index contributed by atoms with van der Waals surface area (Å²) in [6.45, 7) is 7.04. The third-order valence-corrected chi connectivity index (χ3v) is 2.76. The summed E-state index contributed by atoms with van der Waals surface area (Å²) in [6, 6.07) is 0. The van der Waals surface area contributed by atoms with Gasteiger partial charge in [-0.3, -0.25) is 9.48 Å². The number of ketones is 1. The Morgan fingerprint density at radius 3 is 2.62 bits per heavy atom. The fraction of sp³-hybridized carbons (Fsp3) is 0.727. The molecule has 0 aliphatic heterocycles. The molecule has 0 radical (unpaired) electrons. The minimum absolute atomic E-state index is 0.225. The molecule has 0 aromatic carbocycles. The fourth-order valence-electron chi connectivity index (χ4n) is 1.57. The van der Waals surface area contributed by atoms with Gasteiger partial charge < -0.3 is 4.90 Å². The lowest BCUT2D eigenvalue weighted by molar-refractivity contribution is -0.118. The third-order valence-electron chi connectivity index (χ3n) is 2.76. The number of carbonyl (C=O) groups is 1. The number of carbonyl (C=O) groups excluding carboxylic acids is 1. The molecule has 0 bridgehead atoms. The first-order chi connectivity index (χ1) is 7.67. The predicted octanol–water partition coefficient (Wildman–Crippen LogP) is 0.659. The average Bonchev–Trinajstić information content (AvgIpc) is 2.66. The minimum atomic E-state index is 0.225. The van der Waals surface area contributed by atoms with E-state index < -0.39 is 0 Å². The molecule has 0 fully saturated rings. The van der Waals surface area contributed by atoms with Gasteiger partial charge >= 0.3 is 0 Å². The van der Waals surface area contributed by atoms with Gasteiger partial charge in [0.1, 0.15) is 17.9 Å². The first-order valence-corrected chi connectivity index (χ1v) is 5.74. The smallest absolute Gasteiger partial charge is 0.141 e. The Hall–Kier alpha value is -1.23. The Bertz CT molecular complexity index is 330. The molecule has 0 aliphatic rings. The van der Waals surface area contributed by atoms with Crippen molar-refractivity contribution in [2.75, 3.05) is 19.6 Å². The molecule has 1 aromatic rings. The van der Waals surface area contributed by atoms with Crippen LogP contribution in [0.15, 0.2) is 6.33 Å². The van der Waals surface area contributed by atoms with Gasteiger partial charge in [0.05, 0.1) is 6.42 Å². The number of nitrogens with zero attached hydrogens (tertiary/aromatic N) is 4. The number of rotatable bonds is 7. The topological polar surface area (TPSA) is 51.0 Å². The molecule has 16 heavy (non-hydrogen) atoms. The molecule has 1 rings (SSSR count). The van der Waals surface area contributed by atoms with Gasteiger partial charge in [0.15, 0.2) is 0 Å². The standard InChI is InChI=1S/C11H20N4O/c1-4-15(5-2)7-6-10(16)8-11-12-9-13-14(11)3/h9H,4-8H2,1-3H3. The molecule has 0 unspecified atom stereocenters. The second-order valence-electron chi connectivity index (χ2n) is 3.79. The summed E-state index contributed by atoms with van der Waals surface area (Å²) in [4.78, 5) is 18.0. The third kappa shape index (κ3) is 3.73. The van der Waals surface area contributed by atoms with Gasteiger partial charge in [-0.05, 0) is 13.1 Å². The summed E-state index contributed by atoms with van der Waals surface area (Å²) in [5.74, 6) is 0.965. The summed E-state index contributed by atoms with van der Waals surface area (Å²) >= 11 is 0. The van der Waals surface area contributed by atoms with E-state index in [2.05, 4.69) is 28.8 Å². The number of hydrogen-bond donors (Lipinski definition) is 0. The first-order valence-electron chi connectivity index (χ1n) is 5.74. The van der Waals surface area contributed by atoms with E-state index in [9.17, 15) is 4.79 Å². The van der Waals surface area contributed by atoms with Gasteiger partial charge in [0.25, 0.3) is 0 Å². The Balaban J connectivity index is 2.34. The molecule has 0 amide bonds. The molecule has 0 saturated carbocycles.